The fourth-order valence-corrected chi connectivity index (χ4v) is 13.8. The summed E-state index contributed by atoms with van der Waals surface area (Å²) in [5.74, 6) is 0. The van der Waals surface area contributed by atoms with E-state index in [1.807, 2.05) is 22.7 Å². The summed E-state index contributed by atoms with van der Waals surface area (Å²) in [7, 11) is 0. The van der Waals surface area contributed by atoms with Crippen LogP contribution in [-0.4, -0.2) is 0 Å². The van der Waals surface area contributed by atoms with Gasteiger partial charge in [0, 0.05) is 74.0 Å². The Bertz CT molecular complexity index is 4120. The number of hydrogen-bond donors (Lipinski definition) is 0. The van der Waals surface area contributed by atoms with E-state index in [4.69, 9.17) is 0 Å². The van der Waals surface area contributed by atoms with Crippen molar-refractivity contribution < 1.29 is 0 Å². The van der Waals surface area contributed by atoms with Gasteiger partial charge in [-0.15, -0.1) is 22.7 Å². The summed E-state index contributed by atoms with van der Waals surface area (Å²) in [5.41, 5.74) is 1.40. The molecule has 0 amide bonds. The summed E-state index contributed by atoms with van der Waals surface area (Å²) in [6, 6.07) is 35.0. The van der Waals surface area contributed by atoms with E-state index in [2.05, 4.69) is 122 Å². The van der Waals surface area contributed by atoms with Crippen molar-refractivity contribution in [1.82, 2.24) is 0 Å². The van der Waals surface area contributed by atoms with Gasteiger partial charge >= 0.3 is 0 Å². The number of benzene rings is 13. The van der Waals surface area contributed by atoms with Crippen molar-refractivity contribution in [1.29, 1.82) is 0 Å². The first-order valence-electron chi connectivity index (χ1n) is 18.3. The second-order valence-electron chi connectivity index (χ2n) is 15.3. The smallest absolute Gasteiger partial charge is 0.0434 e. The predicted octanol–water partition coefficient (Wildman–Crippen LogP) is 15.0. The van der Waals surface area contributed by atoms with Crippen molar-refractivity contribution in [3.05, 3.63) is 113 Å². The van der Waals surface area contributed by atoms with Gasteiger partial charge in [0.15, 0.2) is 0 Å². The minimum Gasteiger partial charge on any atom is -0.142 e. The number of fused-ring (bicyclic) bond motifs is 10. The molecule has 52 heavy (non-hydrogen) atoms. The van der Waals surface area contributed by atoms with Gasteiger partial charge < -0.3 is 0 Å². The molecular weight excluding hydrogens is 665 g/mol. The minimum atomic E-state index is 1.32. The van der Waals surface area contributed by atoms with E-state index in [9.17, 15) is 0 Å². The molecule has 0 atom stereocenters. The van der Waals surface area contributed by atoms with E-state index in [0.717, 1.165) is 0 Å². The number of thiophene rings is 2. The van der Waals surface area contributed by atoms with E-state index in [1.54, 1.807) is 0 Å². The number of rotatable bonds is 0. The Kier molecular flexibility index (Phi) is 4.07. The first-order valence-corrected chi connectivity index (χ1v) is 20.0. The quantitative estimate of drug-likeness (QED) is 0.110. The third kappa shape index (κ3) is 2.46. The second kappa shape index (κ2) is 8.13. The zero-order valence-corrected chi connectivity index (χ0v) is 29.8. The van der Waals surface area contributed by atoms with Crippen molar-refractivity contribution in [2.24, 2.45) is 0 Å². The summed E-state index contributed by atoms with van der Waals surface area (Å²) < 4.78 is 2.87. The minimum absolute atomic E-state index is 1.32. The van der Waals surface area contributed by atoms with Crippen molar-refractivity contribution >= 4 is 178 Å². The van der Waals surface area contributed by atoms with Gasteiger partial charge in [0.1, 0.15) is 0 Å². The standard InChI is InChI=1S/C50H24S2/c1-3-25-34-21(2)29-16-22-10-4-8-14-27(22)36-32-19-51-50-31-18-24-12-6-9-15-28(24)37-33-20-52-49-30-17-23-11-5-7-13-26(23)35(25)39(30)45-43(34)44(38(29)36)47(41(32)50)46(40(31)37)48(45)42(33)49/h3-20H,1-2H3/b25-3+. The summed E-state index contributed by atoms with van der Waals surface area (Å²) in [6.07, 6.45) is 2.42. The van der Waals surface area contributed by atoms with Crippen molar-refractivity contribution in [2.45, 2.75) is 13.8 Å². The third-order valence-electron chi connectivity index (χ3n) is 13.4. The third-order valence-corrected chi connectivity index (χ3v) is 15.4. The lowest BCUT2D eigenvalue weighted by Crippen LogP contribution is -2.10. The van der Waals surface area contributed by atoms with Crippen LogP contribution in [0.25, 0.3) is 156 Å². The number of hydrogen-bond acceptors (Lipinski definition) is 2. The highest BCUT2D eigenvalue weighted by Gasteiger charge is 2.33. The van der Waals surface area contributed by atoms with E-state index >= 15 is 0 Å². The van der Waals surface area contributed by atoms with Gasteiger partial charge in [-0.25, -0.2) is 0 Å². The predicted molar refractivity (Wildman–Crippen MR) is 233 cm³/mol. The fraction of sp³-hybridized carbons (Fsp3) is 0.0400. The maximum atomic E-state index is 2.52. The van der Waals surface area contributed by atoms with Gasteiger partial charge in [-0.2, -0.15) is 0 Å². The molecule has 0 radical (unpaired) electrons. The summed E-state index contributed by atoms with van der Waals surface area (Å²) in [5, 5.41) is 43.4. The van der Waals surface area contributed by atoms with Crippen molar-refractivity contribution in [3.8, 4) is 0 Å². The topological polar surface area (TPSA) is 0 Å². The molecule has 15 aromatic rings. The highest BCUT2D eigenvalue weighted by atomic mass is 32.1. The molecule has 0 N–H and O–H groups in total. The Morgan fingerprint density at radius 3 is 1.29 bits per heavy atom. The summed E-state index contributed by atoms with van der Waals surface area (Å²) >= 11 is 3.92. The van der Waals surface area contributed by atoms with Crippen molar-refractivity contribution in [2.75, 3.05) is 0 Å². The molecule has 0 spiro atoms. The van der Waals surface area contributed by atoms with Crippen LogP contribution >= 0.6 is 22.7 Å². The lowest BCUT2D eigenvalue weighted by molar-refractivity contribution is 1.59. The largest absolute Gasteiger partial charge is 0.142 e. The molecule has 2 heterocycles. The van der Waals surface area contributed by atoms with Gasteiger partial charge in [0.05, 0.1) is 0 Å². The van der Waals surface area contributed by atoms with E-state index in [1.165, 1.54) is 160 Å². The molecule has 2 aromatic heterocycles. The Hall–Kier alpha value is -5.80. The molecular formula is C50H24S2. The number of aryl methyl sites for hydroxylation is 1. The highest BCUT2D eigenvalue weighted by Crippen LogP contribution is 2.61. The molecule has 2 heteroatoms. The molecule has 0 aliphatic carbocycles. The molecule has 15 rings (SSSR count). The first kappa shape index (κ1) is 26.0. The van der Waals surface area contributed by atoms with Crippen molar-refractivity contribution in [3.63, 3.8) is 0 Å². The molecule has 0 unspecified atom stereocenters. The van der Waals surface area contributed by atoms with Crippen LogP contribution in [0.1, 0.15) is 12.5 Å². The fourth-order valence-electron chi connectivity index (χ4n) is 11.6. The Labute approximate surface area is 303 Å². The molecule has 0 fully saturated rings. The zero-order valence-electron chi connectivity index (χ0n) is 28.2. The summed E-state index contributed by atoms with van der Waals surface area (Å²) in [4.78, 5) is 0. The Morgan fingerprint density at radius 2 is 0.769 bits per heavy atom. The van der Waals surface area contributed by atoms with Crippen LogP contribution in [0.5, 0.6) is 0 Å². The summed E-state index contributed by atoms with van der Waals surface area (Å²) in [6.45, 7) is 4.68. The SMILES string of the molecule is C/C=c1\c2c(C)c3cc4ccccc4c4c5csc6c7cc8ccccc8c8c9csc%10c%11cc%12ccccc%12c1c%11c1c2c(c34)c(c56)c(c78)c1c9%10. The molecule has 0 aliphatic rings. The molecule has 13 aromatic carbocycles. The normalized spacial score (nSPS) is 14.1. The van der Waals surface area contributed by atoms with Crippen LogP contribution in [0.3, 0.4) is 0 Å². The van der Waals surface area contributed by atoms with Gasteiger partial charge in [0.25, 0.3) is 0 Å². The van der Waals surface area contributed by atoms with Gasteiger partial charge in [-0.3, -0.25) is 0 Å². The van der Waals surface area contributed by atoms with Gasteiger partial charge in [0.2, 0.25) is 0 Å². The van der Waals surface area contributed by atoms with E-state index in [0.29, 0.717) is 0 Å². The molecule has 0 saturated heterocycles. The lowest BCUT2D eigenvalue weighted by atomic mass is 9.74. The average Bonchev–Trinajstić information content (AvgIpc) is 3.84. The van der Waals surface area contributed by atoms with Crippen LogP contribution in [0.4, 0.5) is 0 Å². The lowest BCUT2D eigenvalue weighted by Gasteiger charge is -2.28. The molecule has 0 aliphatic heterocycles. The molecule has 0 bridgehead atoms. The van der Waals surface area contributed by atoms with Crippen LogP contribution in [0.2, 0.25) is 0 Å². The van der Waals surface area contributed by atoms with E-state index in [-0.39, 0.29) is 0 Å². The second-order valence-corrected chi connectivity index (χ2v) is 17.1. The average molecular weight is 689 g/mol. The Morgan fingerprint density at radius 1 is 0.365 bits per heavy atom. The first-order chi connectivity index (χ1) is 25.7. The van der Waals surface area contributed by atoms with Crippen LogP contribution in [0, 0.1) is 6.92 Å². The highest BCUT2D eigenvalue weighted by molar-refractivity contribution is 7.20. The van der Waals surface area contributed by atoms with Gasteiger partial charge in [-0.05, 0) is 129 Å². The van der Waals surface area contributed by atoms with Gasteiger partial charge in [-0.1, -0.05) is 78.9 Å². The van der Waals surface area contributed by atoms with E-state index < -0.39 is 0 Å². The maximum Gasteiger partial charge on any atom is 0.0434 e. The molecule has 236 valence electrons. The van der Waals surface area contributed by atoms with Crippen LogP contribution < -0.4 is 5.22 Å². The molecule has 0 saturated carbocycles. The monoisotopic (exact) mass is 688 g/mol. The zero-order chi connectivity index (χ0) is 33.5. The van der Waals surface area contributed by atoms with Crippen LogP contribution in [-0.2, 0) is 0 Å². The maximum absolute atomic E-state index is 2.52. The van der Waals surface area contributed by atoms with Crippen LogP contribution in [0.15, 0.2) is 102 Å². The molecule has 0 nitrogen and oxygen atoms in total. The Balaban J connectivity index is 1.48.